The Kier molecular flexibility index (Phi) is 6.37. The van der Waals surface area contributed by atoms with Gasteiger partial charge < -0.3 is 14.2 Å². The second-order valence-electron chi connectivity index (χ2n) is 7.42. The second kappa shape index (κ2) is 9.52. The number of rotatable bonds is 8. The van der Waals surface area contributed by atoms with Crippen molar-refractivity contribution in [2.75, 3.05) is 13.1 Å². The van der Waals surface area contributed by atoms with Crippen LogP contribution in [-0.2, 0) is 29.3 Å². The minimum Gasteiger partial charge on any atom is -0.370 e. The summed E-state index contributed by atoms with van der Waals surface area (Å²) in [7, 11) is 0. The van der Waals surface area contributed by atoms with Gasteiger partial charge in [-0.05, 0) is 18.4 Å². The first-order valence-corrected chi connectivity index (χ1v) is 10.3. The fourth-order valence-corrected chi connectivity index (χ4v) is 3.77. The molecule has 150 valence electrons. The molecule has 1 aromatic heterocycles. The molecular weight excluding hydrogens is 362 g/mol. The van der Waals surface area contributed by atoms with Crippen LogP contribution in [0.25, 0.3) is 11.3 Å². The van der Waals surface area contributed by atoms with E-state index in [0.717, 1.165) is 48.4 Å². The van der Waals surface area contributed by atoms with Gasteiger partial charge in [0.25, 0.3) is 0 Å². The normalized spacial score (nSPS) is 13.7. The molecule has 3 aromatic rings. The maximum Gasteiger partial charge on any atom is 0.224 e. The van der Waals surface area contributed by atoms with Crippen LogP contribution in [-0.4, -0.2) is 33.4 Å². The highest BCUT2D eigenvalue weighted by atomic mass is 16.5. The number of aromatic nitrogens is 2. The molecule has 5 nitrogen and oxygen atoms in total. The van der Waals surface area contributed by atoms with E-state index in [9.17, 15) is 4.79 Å². The number of benzene rings is 2. The van der Waals surface area contributed by atoms with Gasteiger partial charge in [-0.15, -0.1) is 0 Å². The van der Waals surface area contributed by atoms with Gasteiger partial charge in [-0.25, -0.2) is 4.98 Å². The fraction of sp³-hybridized carbons (Fsp3) is 0.333. The number of carbonyl (C=O) groups excluding carboxylic acids is 1. The summed E-state index contributed by atoms with van der Waals surface area (Å²) in [6.45, 7) is 3.42. The molecule has 2 aromatic carbocycles. The molecule has 1 aliphatic rings. The molecule has 4 rings (SSSR count). The van der Waals surface area contributed by atoms with Crippen LogP contribution < -0.4 is 0 Å². The van der Waals surface area contributed by atoms with Crippen molar-refractivity contribution in [2.24, 2.45) is 0 Å². The molecule has 0 saturated carbocycles. The lowest BCUT2D eigenvalue weighted by Crippen LogP contribution is -2.28. The molecule has 0 atom stereocenters. The molecule has 1 fully saturated rings. The maximum atomic E-state index is 12.5. The molecule has 0 aliphatic carbocycles. The third-order valence-corrected chi connectivity index (χ3v) is 5.37. The second-order valence-corrected chi connectivity index (χ2v) is 7.42. The Bertz CT molecular complexity index is 916. The summed E-state index contributed by atoms with van der Waals surface area (Å²) in [6, 6.07) is 20.3. The van der Waals surface area contributed by atoms with Crippen molar-refractivity contribution in [3.63, 3.8) is 0 Å². The van der Waals surface area contributed by atoms with Crippen LogP contribution in [0.3, 0.4) is 0 Å². The van der Waals surface area contributed by atoms with Gasteiger partial charge in [0.2, 0.25) is 5.91 Å². The number of amides is 1. The number of imidazole rings is 1. The number of hydrogen-bond donors (Lipinski definition) is 0. The number of likely N-dealkylation sites (tertiary alicyclic amines) is 1. The fourth-order valence-electron chi connectivity index (χ4n) is 3.77. The van der Waals surface area contributed by atoms with Crippen LogP contribution in [0.1, 0.15) is 30.5 Å². The quantitative estimate of drug-likeness (QED) is 0.578. The molecule has 5 heteroatoms. The number of carbonyl (C=O) groups is 1. The van der Waals surface area contributed by atoms with Crippen LogP contribution in [0, 0.1) is 0 Å². The van der Waals surface area contributed by atoms with Gasteiger partial charge in [-0.3, -0.25) is 4.79 Å². The smallest absolute Gasteiger partial charge is 0.224 e. The third kappa shape index (κ3) is 4.93. The van der Waals surface area contributed by atoms with Crippen LogP contribution in [0.4, 0.5) is 0 Å². The summed E-state index contributed by atoms with van der Waals surface area (Å²) >= 11 is 0. The van der Waals surface area contributed by atoms with Gasteiger partial charge in [-0.1, -0.05) is 60.7 Å². The van der Waals surface area contributed by atoms with E-state index in [1.54, 1.807) is 0 Å². The molecule has 0 spiro atoms. The van der Waals surface area contributed by atoms with Gasteiger partial charge in [0, 0.05) is 31.6 Å². The third-order valence-electron chi connectivity index (χ3n) is 5.37. The largest absolute Gasteiger partial charge is 0.370 e. The molecular formula is C24H27N3O2. The SMILES string of the molecule is O=C(CCn1cnc(-c2ccccc2)c1COCc1ccccc1)N1CCCC1. The summed E-state index contributed by atoms with van der Waals surface area (Å²) < 4.78 is 8.09. The van der Waals surface area contributed by atoms with Crippen molar-refractivity contribution in [3.8, 4) is 11.3 Å². The van der Waals surface area contributed by atoms with Crippen molar-refractivity contribution in [1.82, 2.24) is 14.5 Å². The van der Waals surface area contributed by atoms with E-state index in [-0.39, 0.29) is 5.91 Å². The lowest BCUT2D eigenvalue weighted by Gasteiger charge is -2.16. The van der Waals surface area contributed by atoms with E-state index >= 15 is 0 Å². The zero-order valence-corrected chi connectivity index (χ0v) is 16.7. The first-order valence-electron chi connectivity index (χ1n) is 10.3. The van der Waals surface area contributed by atoms with E-state index in [1.165, 1.54) is 0 Å². The Morgan fingerprint density at radius 2 is 1.62 bits per heavy atom. The molecule has 0 N–H and O–H groups in total. The molecule has 1 amide bonds. The lowest BCUT2D eigenvalue weighted by atomic mass is 10.1. The van der Waals surface area contributed by atoms with Crippen molar-refractivity contribution in [2.45, 2.75) is 39.0 Å². The van der Waals surface area contributed by atoms with Crippen molar-refractivity contribution in [3.05, 3.63) is 78.2 Å². The minimum absolute atomic E-state index is 0.230. The Hall–Kier alpha value is -2.92. The molecule has 2 heterocycles. The average Bonchev–Trinajstić information content (AvgIpc) is 3.44. The molecule has 29 heavy (non-hydrogen) atoms. The van der Waals surface area contributed by atoms with E-state index in [2.05, 4.69) is 33.8 Å². The van der Waals surface area contributed by atoms with Gasteiger partial charge in [0.1, 0.15) is 0 Å². The summed E-state index contributed by atoms with van der Waals surface area (Å²) in [4.78, 5) is 19.1. The van der Waals surface area contributed by atoms with Gasteiger partial charge in [0.05, 0.1) is 30.9 Å². The first-order chi connectivity index (χ1) is 14.3. The van der Waals surface area contributed by atoms with Crippen molar-refractivity contribution in [1.29, 1.82) is 0 Å². The molecule has 1 aliphatic heterocycles. The number of nitrogens with zero attached hydrogens (tertiary/aromatic N) is 3. The first kappa shape index (κ1) is 19.4. The summed E-state index contributed by atoms with van der Waals surface area (Å²) in [6.07, 6.45) is 4.57. The standard InChI is InChI=1S/C24H27N3O2/c28-23(26-14-7-8-15-26)13-16-27-19-25-24(21-11-5-2-6-12-21)22(27)18-29-17-20-9-3-1-4-10-20/h1-6,9-12,19H,7-8,13-18H2. The molecule has 0 unspecified atom stereocenters. The molecule has 0 radical (unpaired) electrons. The number of ether oxygens (including phenoxy) is 1. The lowest BCUT2D eigenvalue weighted by molar-refractivity contribution is -0.130. The Labute approximate surface area is 171 Å². The maximum absolute atomic E-state index is 12.5. The predicted octanol–water partition coefficient (Wildman–Crippen LogP) is 4.28. The Balaban J connectivity index is 1.47. The van der Waals surface area contributed by atoms with E-state index in [0.29, 0.717) is 26.2 Å². The predicted molar refractivity (Wildman–Crippen MR) is 113 cm³/mol. The van der Waals surface area contributed by atoms with Crippen molar-refractivity contribution < 1.29 is 9.53 Å². The Morgan fingerprint density at radius 3 is 2.34 bits per heavy atom. The van der Waals surface area contributed by atoms with E-state index in [4.69, 9.17) is 4.74 Å². The monoisotopic (exact) mass is 389 g/mol. The number of hydrogen-bond acceptors (Lipinski definition) is 3. The van der Waals surface area contributed by atoms with Crippen LogP contribution >= 0.6 is 0 Å². The Morgan fingerprint density at radius 1 is 0.931 bits per heavy atom. The van der Waals surface area contributed by atoms with Crippen molar-refractivity contribution >= 4 is 5.91 Å². The summed E-state index contributed by atoms with van der Waals surface area (Å²) in [5.41, 5.74) is 4.15. The van der Waals surface area contributed by atoms with Gasteiger partial charge in [-0.2, -0.15) is 0 Å². The van der Waals surface area contributed by atoms with E-state index in [1.807, 2.05) is 47.6 Å². The van der Waals surface area contributed by atoms with Gasteiger partial charge >= 0.3 is 0 Å². The zero-order valence-electron chi connectivity index (χ0n) is 16.7. The molecule has 1 saturated heterocycles. The highest BCUT2D eigenvalue weighted by Gasteiger charge is 2.19. The topological polar surface area (TPSA) is 47.4 Å². The summed E-state index contributed by atoms with van der Waals surface area (Å²) in [5, 5.41) is 0. The summed E-state index contributed by atoms with van der Waals surface area (Å²) in [5.74, 6) is 0.230. The highest BCUT2D eigenvalue weighted by molar-refractivity contribution is 5.76. The van der Waals surface area contributed by atoms with Crippen LogP contribution in [0.2, 0.25) is 0 Å². The molecule has 0 bridgehead atoms. The van der Waals surface area contributed by atoms with Crippen LogP contribution in [0.5, 0.6) is 0 Å². The van der Waals surface area contributed by atoms with Gasteiger partial charge in [0.15, 0.2) is 0 Å². The zero-order chi connectivity index (χ0) is 19.9. The minimum atomic E-state index is 0.230. The van der Waals surface area contributed by atoms with Crippen LogP contribution in [0.15, 0.2) is 67.0 Å². The average molecular weight is 389 g/mol. The highest BCUT2D eigenvalue weighted by Crippen LogP contribution is 2.23. The van der Waals surface area contributed by atoms with E-state index < -0.39 is 0 Å². The number of aryl methyl sites for hydroxylation is 1.